The van der Waals surface area contributed by atoms with Crippen LogP contribution in [0.25, 0.3) is 5.57 Å². The number of carbonyl (C=O) groups is 1. The van der Waals surface area contributed by atoms with Gasteiger partial charge < -0.3 is 4.90 Å². The van der Waals surface area contributed by atoms with Crippen molar-refractivity contribution in [2.75, 3.05) is 6.54 Å². The van der Waals surface area contributed by atoms with Crippen molar-refractivity contribution in [1.82, 2.24) is 4.90 Å². The van der Waals surface area contributed by atoms with Gasteiger partial charge in [0.15, 0.2) is 0 Å². The van der Waals surface area contributed by atoms with Crippen LogP contribution in [0, 0.1) is 5.41 Å². The number of benzene rings is 1. The van der Waals surface area contributed by atoms with E-state index in [1.807, 2.05) is 0 Å². The highest BCUT2D eigenvalue weighted by atomic mass is 16.2. The molecule has 0 radical (unpaired) electrons. The van der Waals surface area contributed by atoms with Gasteiger partial charge in [0.2, 0.25) is 16.8 Å². The zero-order valence-corrected chi connectivity index (χ0v) is 13.2. The molecule has 1 aliphatic carbocycles. The molecule has 1 spiro atoms. The minimum Gasteiger partial charge on any atom is -0.331 e. The number of hydrogen-bond donors (Lipinski definition) is 1. The van der Waals surface area contributed by atoms with Crippen LogP contribution in [0.2, 0.25) is 0 Å². The van der Waals surface area contributed by atoms with Crippen LogP contribution in [0.3, 0.4) is 0 Å². The lowest BCUT2D eigenvalue weighted by Crippen LogP contribution is -2.93. The van der Waals surface area contributed by atoms with Crippen molar-refractivity contribution >= 4 is 11.5 Å². The van der Waals surface area contributed by atoms with E-state index in [1.165, 1.54) is 29.8 Å². The Morgan fingerprint density at radius 1 is 1.23 bits per heavy atom. The topological polar surface area (TPSA) is 34.3 Å². The predicted octanol–water partition coefficient (Wildman–Crippen LogP) is -0.125. The average molecular weight is 295 g/mol. The maximum Gasteiger partial charge on any atom is 0.223 e. The molecule has 1 saturated carbocycles. The number of nitrogens with one attached hydrogen (secondary N) is 1. The standard InChI is InChI=1S/C19H22N2O/c1-2-18-9-7-16(22)21-12-8-14-13-5-3-4-6-15(13)20-19(14,11-10-18)17(18)21/h3-6,17H,2,7-12H2,1H3/p+1/t17-,18-,19+/m0/s1. The molecule has 3 aliphatic heterocycles. The summed E-state index contributed by atoms with van der Waals surface area (Å²) in [5.74, 6) is 0.382. The second-order valence-corrected chi connectivity index (χ2v) is 7.58. The fraction of sp³-hybridized carbons (Fsp3) is 0.579. The first-order chi connectivity index (χ1) is 10.7. The minimum absolute atomic E-state index is 0.0219. The number of amides is 1. The Labute approximate surface area is 130 Å². The van der Waals surface area contributed by atoms with Crippen LogP contribution in [0.15, 0.2) is 24.3 Å². The van der Waals surface area contributed by atoms with Crippen LogP contribution < -0.4 is 15.6 Å². The predicted molar refractivity (Wildman–Crippen MR) is 83.2 cm³/mol. The van der Waals surface area contributed by atoms with Gasteiger partial charge in [-0.05, 0) is 37.2 Å². The smallest absolute Gasteiger partial charge is 0.223 e. The largest absolute Gasteiger partial charge is 0.331 e. The van der Waals surface area contributed by atoms with Gasteiger partial charge in [0, 0.05) is 31.0 Å². The second-order valence-electron chi connectivity index (χ2n) is 7.58. The highest BCUT2D eigenvalue weighted by Crippen LogP contribution is 2.57. The van der Waals surface area contributed by atoms with E-state index < -0.39 is 0 Å². The first-order valence-corrected chi connectivity index (χ1v) is 8.74. The molecule has 0 bridgehead atoms. The molecule has 3 heteroatoms. The zero-order valence-electron chi connectivity index (χ0n) is 13.2. The number of carbonyl (C=O) groups excluding carboxylic acids is 1. The Morgan fingerprint density at radius 2 is 2.09 bits per heavy atom. The van der Waals surface area contributed by atoms with E-state index >= 15 is 0 Å². The molecule has 2 saturated heterocycles. The molecule has 0 unspecified atom stereocenters. The summed E-state index contributed by atoms with van der Waals surface area (Å²) in [6.45, 7) is 3.24. The third-order valence-corrected chi connectivity index (χ3v) is 6.99. The van der Waals surface area contributed by atoms with E-state index in [2.05, 4.69) is 41.1 Å². The summed E-state index contributed by atoms with van der Waals surface area (Å²) >= 11 is 0. The molecule has 3 nitrogen and oxygen atoms in total. The SMILES string of the molecule is CC[C@]12CCC(=O)N3CCC4=c5ccccc5=[NH+][C@@]4(CC1)[C@@H]32. The van der Waals surface area contributed by atoms with Crippen molar-refractivity contribution in [1.29, 1.82) is 0 Å². The molecule has 1 aromatic carbocycles. The molecule has 5 rings (SSSR count). The molecular weight excluding hydrogens is 272 g/mol. The van der Waals surface area contributed by atoms with Gasteiger partial charge in [0.1, 0.15) is 6.04 Å². The van der Waals surface area contributed by atoms with Gasteiger partial charge in [-0.25, -0.2) is 4.99 Å². The maximum absolute atomic E-state index is 12.6. The van der Waals surface area contributed by atoms with Gasteiger partial charge in [-0.1, -0.05) is 19.1 Å². The molecule has 22 heavy (non-hydrogen) atoms. The summed E-state index contributed by atoms with van der Waals surface area (Å²) in [5.41, 5.74) is 1.93. The van der Waals surface area contributed by atoms with Crippen molar-refractivity contribution in [3.63, 3.8) is 0 Å². The average Bonchev–Trinajstić information content (AvgIpc) is 3.06. The molecule has 3 atom stereocenters. The number of nitrogens with zero attached hydrogens (tertiary/aromatic N) is 1. The van der Waals surface area contributed by atoms with E-state index in [-0.39, 0.29) is 5.54 Å². The lowest BCUT2D eigenvalue weighted by molar-refractivity contribution is -0.576. The lowest BCUT2D eigenvalue weighted by atomic mass is 9.66. The quantitative estimate of drug-likeness (QED) is 0.770. The van der Waals surface area contributed by atoms with Gasteiger partial charge in [-0.15, -0.1) is 0 Å². The van der Waals surface area contributed by atoms with Crippen molar-refractivity contribution < 1.29 is 9.79 Å². The lowest BCUT2D eigenvalue weighted by Gasteiger charge is -2.51. The van der Waals surface area contributed by atoms with E-state index in [0.717, 1.165) is 25.8 Å². The molecule has 4 aliphatic rings. The van der Waals surface area contributed by atoms with Crippen LogP contribution in [0.5, 0.6) is 0 Å². The van der Waals surface area contributed by atoms with Gasteiger partial charge in [-0.2, -0.15) is 0 Å². The third-order valence-electron chi connectivity index (χ3n) is 6.99. The fourth-order valence-corrected chi connectivity index (χ4v) is 5.99. The van der Waals surface area contributed by atoms with Gasteiger partial charge in [-0.3, -0.25) is 4.79 Å². The summed E-state index contributed by atoms with van der Waals surface area (Å²) in [5, 5.41) is 2.69. The molecule has 0 aromatic heterocycles. The van der Waals surface area contributed by atoms with Crippen LogP contribution in [0.4, 0.5) is 0 Å². The molecule has 3 fully saturated rings. The number of para-hydroxylation sites is 1. The molecule has 1 N–H and O–H groups in total. The Kier molecular flexibility index (Phi) is 2.34. The van der Waals surface area contributed by atoms with Crippen LogP contribution in [0.1, 0.15) is 45.4 Å². The van der Waals surface area contributed by atoms with Gasteiger partial charge in [0.05, 0.1) is 5.22 Å². The second kappa shape index (κ2) is 4.01. The molecule has 3 heterocycles. The van der Waals surface area contributed by atoms with Crippen molar-refractivity contribution in [2.45, 2.75) is 57.0 Å². The number of rotatable bonds is 1. The number of hydrogen-bond acceptors (Lipinski definition) is 1. The Hall–Kier alpha value is -1.64. The Bertz CT molecular complexity index is 798. The van der Waals surface area contributed by atoms with E-state index in [9.17, 15) is 4.79 Å². The molecule has 1 aromatic rings. The number of fused-ring (bicyclic) bond motifs is 1. The first kappa shape index (κ1) is 12.9. The van der Waals surface area contributed by atoms with Crippen molar-refractivity contribution in [3.05, 3.63) is 34.8 Å². The fourth-order valence-electron chi connectivity index (χ4n) is 5.99. The molecule has 114 valence electrons. The van der Waals surface area contributed by atoms with E-state index in [1.54, 1.807) is 5.57 Å². The number of piperidine rings is 2. The highest BCUT2D eigenvalue weighted by Gasteiger charge is 2.68. The van der Waals surface area contributed by atoms with Crippen molar-refractivity contribution in [2.24, 2.45) is 5.41 Å². The first-order valence-electron chi connectivity index (χ1n) is 8.74. The normalized spacial score (nSPS) is 38.4. The Morgan fingerprint density at radius 3 is 2.95 bits per heavy atom. The summed E-state index contributed by atoms with van der Waals surface area (Å²) < 4.78 is 0. The summed E-state index contributed by atoms with van der Waals surface area (Å²) in [4.78, 5) is 18.7. The summed E-state index contributed by atoms with van der Waals surface area (Å²) in [6, 6.07) is 9.09. The highest BCUT2D eigenvalue weighted by molar-refractivity contribution is 5.80. The van der Waals surface area contributed by atoms with Crippen LogP contribution >= 0.6 is 0 Å². The summed E-state index contributed by atoms with van der Waals surface area (Å²) in [6.07, 6.45) is 6.49. The monoisotopic (exact) mass is 295 g/mol. The van der Waals surface area contributed by atoms with E-state index in [0.29, 0.717) is 17.4 Å². The molecule has 1 amide bonds. The minimum atomic E-state index is 0.0219. The van der Waals surface area contributed by atoms with Crippen molar-refractivity contribution in [3.8, 4) is 0 Å². The van der Waals surface area contributed by atoms with Crippen LogP contribution in [-0.4, -0.2) is 28.9 Å². The van der Waals surface area contributed by atoms with Gasteiger partial charge >= 0.3 is 0 Å². The zero-order chi connectivity index (χ0) is 14.9. The third kappa shape index (κ3) is 1.30. The van der Waals surface area contributed by atoms with Crippen LogP contribution in [-0.2, 0) is 4.79 Å². The summed E-state index contributed by atoms with van der Waals surface area (Å²) in [7, 11) is 0. The Balaban J connectivity index is 1.79. The molecular formula is C19H23N2O+. The maximum atomic E-state index is 12.6. The van der Waals surface area contributed by atoms with Gasteiger partial charge in [0.25, 0.3) is 0 Å². The van der Waals surface area contributed by atoms with E-state index in [4.69, 9.17) is 0 Å².